The summed E-state index contributed by atoms with van der Waals surface area (Å²) in [5, 5.41) is 9.75. The van der Waals surface area contributed by atoms with Gasteiger partial charge in [0, 0.05) is 17.7 Å². The van der Waals surface area contributed by atoms with Crippen molar-refractivity contribution in [1.82, 2.24) is 4.31 Å². The molecule has 0 saturated heterocycles. The van der Waals surface area contributed by atoms with Gasteiger partial charge in [-0.25, -0.2) is 4.79 Å². The molecule has 8 heteroatoms. The maximum Gasteiger partial charge on any atom is 0.336 e. The van der Waals surface area contributed by atoms with Crippen LogP contribution in [0.3, 0.4) is 0 Å². The van der Waals surface area contributed by atoms with E-state index >= 15 is 0 Å². The van der Waals surface area contributed by atoms with Crippen LogP contribution in [0.15, 0.2) is 11.6 Å². The SMILES string of the molecule is CCCCCCCCCCC(C)N(C(C)C1=CC(=O)OC1O)S(=O)(=O)O. The molecule has 0 amide bonds. The van der Waals surface area contributed by atoms with Crippen molar-refractivity contribution in [1.29, 1.82) is 0 Å². The summed E-state index contributed by atoms with van der Waals surface area (Å²) >= 11 is 0. The first-order valence-electron chi connectivity index (χ1n) is 9.54. The van der Waals surface area contributed by atoms with Gasteiger partial charge < -0.3 is 9.84 Å². The van der Waals surface area contributed by atoms with Crippen LogP contribution in [0.2, 0.25) is 0 Å². The quantitative estimate of drug-likeness (QED) is 0.284. The van der Waals surface area contributed by atoms with Gasteiger partial charge in [0.15, 0.2) is 0 Å². The average molecular weight is 392 g/mol. The van der Waals surface area contributed by atoms with Crippen molar-refractivity contribution in [2.75, 3.05) is 0 Å². The molecule has 0 saturated carbocycles. The van der Waals surface area contributed by atoms with E-state index in [1.807, 2.05) is 0 Å². The van der Waals surface area contributed by atoms with E-state index in [1.165, 1.54) is 39.0 Å². The molecular weight excluding hydrogens is 358 g/mol. The minimum atomic E-state index is -4.48. The van der Waals surface area contributed by atoms with Crippen LogP contribution >= 0.6 is 0 Å². The Morgan fingerprint density at radius 2 is 1.65 bits per heavy atom. The molecule has 2 N–H and O–H groups in total. The predicted octanol–water partition coefficient (Wildman–Crippen LogP) is 3.20. The molecule has 0 aromatic carbocycles. The van der Waals surface area contributed by atoms with Gasteiger partial charge in [-0.05, 0) is 20.3 Å². The Labute approximate surface area is 157 Å². The van der Waals surface area contributed by atoms with Crippen molar-refractivity contribution in [3.8, 4) is 0 Å². The van der Waals surface area contributed by atoms with Gasteiger partial charge in [-0.15, -0.1) is 0 Å². The van der Waals surface area contributed by atoms with Crippen molar-refractivity contribution in [3.05, 3.63) is 11.6 Å². The molecule has 3 atom stereocenters. The first-order chi connectivity index (χ1) is 12.2. The number of carbonyl (C=O) groups is 1. The van der Waals surface area contributed by atoms with E-state index in [4.69, 9.17) is 0 Å². The lowest BCUT2D eigenvalue weighted by Gasteiger charge is -2.32. The van der Waals surface area contributed by atoms with Crippen LogP contribution in [0.5, 0.6) is 0 Å². The number of esters is 1. The van der Waals surface area contributed by atoms with Crippen molar-refractivity contribution in [3.63, 3.8) is 0 Å². The van der Waals surface area contributed by atoms with Crippen molar-refractivity contribution in [2.24, 2.45) is 0 Å². The van der Waals surface area contributed by atoms with E-state index in [0.29, 0.717) is 6.42 Å². The fourth-order valence-electron chi connectivity index (χ4n) is 3.40. The maximum absolute atomic E-state index is 11.8. The van der Waals surface area contributed by atoms with Crippen LogP contribution < -0.4 is 0 Å². The predicted molar refractivity (Wildman–Crippen MR) is 99.7 cm³/mol. The number of aliphatic hydroxyl groups excluding tert-OH is 1. The Kier molecular flexibility index (Phi) is 9.78. The van der Waals surface area contributed by atoms with Crippen LogP contribution in [-0.2, 0) is 19.8 Å². The number of unbranched alkanes of at least 4 members (excludes halogenated alkanes) is 7. The molecule has 1 rings (SSSR count). The number of cyclic esters (lactones) is 1. The molecule has 1 aliphatic heterocycles. The molecular formula is C18H33NO6S. The normalized spacial score (nSPS) is 20.2. The molecule has 152 valence electrons. The van der Waals surface area contributed by atoms with Crippen LogP contribution in [0.25, 0.3) is 0 Å². The molecule has 1 aliphatic rings. The maximum atomic E-state index is 11.8. The summed E-state index contributed by atoms with van der Waals surface area (Å²) in [6.07, 6.45) is 9.36. The molecule has 7 nitrogen and oxygen atoms in total. The number of carbonyl (C=O) groups excluding carboxylic acids is 1. The first-order valence-corrected chi connectivity index (χ1v) is 10.9. The summed E-state index contributed by atoms with van der Waals surface area (Å²) in [6, 6.07) is -1.32. The highest BCUT2D eigenvalue weighted by Crippen LogP contribution is 2.26. The van der Waals surface area contributed by atoms with Crippen molar-refractivity contribution in [2.45, 2.75) is 96.9 Å². The zero-order valence-corrected chi connectivity index (χ0v) is 16.9. The van der Waals surface area contributed by atoms with Crippen LogP contribution in [0, 0.1) is 0 Å². The number of ether oxygens (including phenoxy) is 1. The van der Waals surface area contributed by atoms with Gasteiger partial charge in [0.1, 0.15) is 0 Å². The third-order valence-electron chi connectivity index (χ3n) is 4.84. The lowest BCUT2D eigenvalue weighted by molar-refractivity contribution is -0.151. The zero-order valence-electron chi connectivity index (χ0n) is 16.1. The lowest BCUT2D eigenvalue weighted by atomic mass is 10.0. The highest BCUT2D eigenvalue weighted by Gasteiger charge is 2.37. The Balaban J connectivity index is 2.53. The van der Waals surface area contributed by atoms with Crippen molar-refractivity contribution >= 4 is 16.3 Å². The first kappa shape index (κ1) is 23.1. The van der Waals surface area contributed by atoms with E-state index in [0.717, 1.165) is 29.6 Å². The molecule has 0 spiro atoms. The highest BCUT2D eigenvalue weighted by atomic mass is 32.2. The number of hydrogen-bond acceptors (Lipinski definition) is 5. The number of rotatable bonds is 13. The fourth-order valence-corrected chi connectivity index (χ4v) is 4.48. The fraction of sp³-hybridized carbons (Fsp3) is 0.833. The summed E-state index contributed by atoms with van der Waals surface area (Å²) in [7, 11) is -4.48. The topological polar surface area (TPSA) is 104 Å². The Morgan fingerprint density at radius 1 is 1.12 bits per heavy atom. The molecule has 0 aliphatic carbocycles. The summed E-state index contributed by atoms with van der Waals surface area (Å²) in [6.45, 7) is 5.43. The van der Waals surface area contributed by atoms with Crippen LogP contribution in [0.1, 0.15) is 78.6 Å². The molecule has 1 heterocycles. The average Bonchev–Trinajstić information content (AvgIpc) is 2.87. The van der Waals surface area contributed by atoms with E-state index in [9.17, 15) is 22.9 Å². The minimum absolute atomic E-state index is 0.135. The van der Waals surface area contributed by atoms with Gasteiger partial charge in [0.05, 0.1) is 6.04 Å². The second-order valence-corrected chi connectivity index (χ2v) is 8.35. The Morgan fingerprint density at radius 3 is 2.12 bits per heavy atom. The summed E-state index contributed by atoms with van der Waals surface area (Å²) in [5.74, 6) is -0.717. The third kappa shape index (κ3) is 7.34. The second kappa shape index (κ2) is 11.0. The van der Waals surface area contributed by atoms with Gasteiger partial charge >= 0.3 is 16.3 Å². The lowest BCUT2D eigenvalue weighted by Crippen LogP contribution is -2.46. The van der Waals surface area contributed by atoms with Gasteiger partial charge in [0.2, 0.25) is 6.29 Å². The smallest absolute Gasteiger partial charge is 0.336 e. The zero-order chi connectivity index (χ0) is 19.7. The summed E-state index contributed by atoms with van der Waals surface area (Å²) in [4.78, 5) is 11.3. The Hall–Kier alpha value is -0.960. The van der Waals surface area contributed by atoms with Gasteiger partial charge in [-0.3, -0.25) is 4.55 Å². The highest BCUT2D eigenvalue weighted by molar-refractivity contribution is 7.83. The van der Waals surface area contributed by atoms with Gasteiger partial charge in [-0.2, -0.15) is 12.7 Å². The number of nitrogens with zero attached hydrogens (tertiary/aromatic N) is 1. The van der Waals surface area contributed by atoms with E-state index < -0.39 is 34.6 Å². The molecule has 0 bridgehead atoms. The third-order valence-corrected chi connectivity index (χ3v) is 6.05. The standard InChI is InChI=1S/C18H33NO6S/c1-4-5-6-7-8-9-10-11-12-14(2)19(26(22,23)24)15(3)16-13-17(20)25-18(16)21/h13-15,18,21H,4-12H2,1-3H3,(H,22,23,24). The second-order valence-electron chi connectivity index (χ2n) is 7.03. The largest absolute Gasteiger partial charge is 0.429 e. The van der Waals surface area contributed by atoms with E-state index in [-0.39, 0.29) is 5.57 Å². The minimum Gasteiger partial charge on any atom is -0.429 e. The monoisotopic (exact) mass is 391 g/mol. The van der Waals surface area contributed by atoms with Gasteiger partial charge in [0.25, 0.3) is 0 Å². The summed E-state index contributed by atoms with van der Waals surface area (Å²) in [5.41, 5.74) is 0.135. The van der Waals surface area contributed by atoms with Crippen molar-refractivity contribution < 1.29 is 27.6 Å². The molecule has 0 aromatic heterocycles. The van der Waals surface area contributed by atoms with Gasteiger partial charge in [-0.1, -0.05) is 58.3 Å². The molecule has 0 radical (unpaired) electrons. The number of aliphatic hydroxyl groups is 1. The van der Waals surface area contributed by atoms with E-state index in [1.54, 1.807) is 6.92 Å². The summed E-state index contributed by atoms with van der Waals surface area (Å²) < 4.78 is 38.8. The Bertz CT molecular complexity index is 574. The molecule has 26 heavy (non-hydrogen) atoms. The number of hydrogen-bond donors (Lipinski definition) is 2. The molecule has 3 unspecified atom stereocenters. The van der Waals surface area contributed by atoms with Crippen LogP contribution in [-0.4, -0.2) is 46.7 Å². The molecule has 0 fully saturated rings. The van der Waals surface area contributed by atoms with E-state index in [2.05, 4.69) is 11.7 Å². The molecule has 0 aromatic rings. The van der Waals surface area contributed by atoms with Crippen LogP contribution in [0.4, 0.5) is 0 Å².